The van der Waals surface area contributed by atoms with E-state index in [1.807, 2.05) is 6.07 Å². The predicted octanol–water partition coefficient (Wildman–Crippen LogP) is 2.26. The Morgan fingerprint density at radius 1 is 1.18 bits per heavy atom. The molecule has 0 amide bonds. The van der Waals surface area contributed by atoms with E-state index in [4.69, 9.17) is 10.5 Å². The first-order chi connectivity index (χ1) is 8.28. The number of ether oxygens (including phenoxy) is 1. The second-order valence-electron chi connectivity index (χ2n) is 3.63. The maximum atomic E-state index is 12.9. The zero-order valence-electron chi connectivity index (χ0n) is 9.27. The molecule has 0 spiro atoms. The van der Waals surface area contributed by atoms with Crippen LogP contribution in [-0.4, -0.2) is 4.98 Å². The lowest BCUT2D eigenvalue weighted by molar-refractivity contribution is 0.293. The Hall–Kier alpha value is -1.94. The van der Waals surface area contributed by atoms with E-state index in [-0.39, 0.29) is 5.82 Å². The van der Waals surface area contributed by atoms with Crippen molar-refractivity contribution in [3.05, 3.63) is 59.5 Å². The summed E-state index contributed by atoms with van der Waals surface area (Å²) in [6.07, 6.45) is 1.64. The Labute approximate surface area is 99.1 Å². The van der Waals surface area contributed by atoms with Gasteiger partial charge in [0, 0.05) is 18.8 Å². The van der Waals surface area contributed by atoms with Gasteiger partial charge in [0.15, 0.2) is 0 Å². The summed E-state index contributed by atoms with van der Waals surface area (Å²) in [4.78, 5) is 4.05. The van der Waals surface area contributed by atoms with Crippen molar-refractivity contribution in [2.75, 3.05) is 0 Å². The van der Waals surface area contributed by atoms with E-state index in [1.165, 1.54) is 12.1 Å². The number of hydrogen-bond acceptors (Lipinski definition) is 3. The summed E-state index contributed by atoms with van der Waals surface area (Å²) in [5, 5.41) is 0. The normalized spacial score (nSPS) is 10.2. The molecule has 0 saturated heterocycles. The third kappa shape index (κ3) is 3.26. The van der Waals surface area contributed by atoms with Crippen LogP contribution in [-0.2, 0) is 13.2 Å². The number of halogens is 1. The fourth-order valence-electron chi connectivity index (χ4n) is 1.44. The smallest absolute Gasteiger partial charge is 0.213 e. The molecule has 0 fully saturated rings. The Kier molecular flexibility index (Phi) is 3.67. The van der Waals surface area contributed by atoms with Gasteiger partial charge in [0.05, 0.1) is 0 Å². The Morgan fingerprint density at radius 2 is 2.06 bits per heavy atom. The van der Waals surface area contributed by atoms with Gasteiger partial charge in [-0.2, -0.15) is 0 Å². The number of rotatable bonds is 4. The summed E-state index contributed by atoms with van der Waals surface area (Å²) in [5.41, 5.74) is 7.23. The highest BCUT2D eigenvalue weighted by atomic mass is 19.1. The Morgan fingerprint density at radius 3 is 2.82 bits per heavy atom. The van der Waals surface area contributed by atoms with Gasteiger partial charge >= 0.3 is 0 Å². The number of benzene rings is 1. The van der Waals surface area contributed by atoms with Gasteiger partial charge in [-0.1, -0.05) is 12.1 Å². The van der Waals surface area contributed by atoms with Crippen LogP contribution in [0.3, 0.4) is 0 Å². The fourth-order valence-corrected chi connectivity index (χ4v) is 1.44. The second-order valence-corrected chi connectivity index (χ2v) is 3.63. The van der Waals surface area contributed by atoms with E-state index in [9.17, 15) is 4.39 Å². The van der Waals surface area contributed by atoms with Gasteiger partial charge in [-0.3, -0.25) is 0 Å². The van der Waals surface area contributed by atoms with E-state index in [0.717, 1.165) is 11.1 Å². The third-order valence-corrected chi connectivity index (χ3v) is 2.31. The van der Waals surface area contributed by atoms with E-state index in [1.54, 1.807) is 24.4 Å². The van der Waals surface area contributed by atoms with Gasteiger partial charge in [0.1, 0.15) is 12.4 Å². The molecule has 4 heteroatoms. The standard InChI is InChI=1S/C13H13FN2O/c14-12-3-1-2-11(6-12)9-17-13-7-10(8-15)4-5-16-13/h1-7H,8-9,15H2. The molecule has 0 unspecified atom stereocenters. The van der Waals surface area contributed by atoms with E-state index in [2.05, 4.69) is 4.98 Å². The molecule has 1 aromatic heterocycles. The highest BCUT2D eigenvalue weighted by molar-refractivity contribution is 5.21. The highest BCUT2D eigenvalue weighted by Crippen LogP contribution is 2.12. The molecule has 2 rings (SSSR count). The minimum atomic E-state index is -0.269. The van der Waals surface area contributed by atoms with Gasteiger partial charge in [-0.25, -0.2) is 9.37 Å². The van der Waals surface area contributed by atoms with E-state index in [0.29, 0.717) is 19.0 Å². The van der Waals surface area contributed by atoms with E-state index < -0.39 is 0 Å². The summed E-state index contributed by atoms with van der Waals surface area (Å²) in [6.45, 7) is 0.734. The van der Waals surface area contributed by atoms with Crippen LogP contribution in [0.1, 0.15) is 11.1 Å². The van der Waals surface area contributed by atoms with Crippen LogP contribution >= 0.6 is 0 Å². The molecule has 2 N–H and O–H groups in total. The number of pyridine rings is 1. The lowest BCUT2D eigenvalue weighted by atomic mass is 10.2. The maximum absolute atomic E-state index is 12.9. The molecule has 0 atom stereocenters. The van der Waals surface area contributed by atoms with Crippen LogP contribution in [0, 0.1) is 5.82 Å². The first kappa shape index (κ1) is 11.5. The van der Waals surface area contributed by atoms with Gasteiger partial charge in [-0.15, -0.1) is 0 Å². The summed E-state index contributed by atoms with van der Waals surface area (Å²) >= 11 is 0. The van der Waals surface area contributed by atoms with Crippen molar-refractivity contribution in [1.82, 2.24) is 4.98 Å². The lowest BCUT2D eigenvalue weighted by Gasteiger charge is -2.06. The van der Waals surface area contributed by atoms with Crippen LogP contribution < -0.4 is 10.5 Å². The molecular weight excluding hydrogens is 219 g/mol. The molecule has 88 valence electrons. The molecule has 0 aliphatic rings. The summed E-state index contributed by atoms with van der Waals surface area (Å²) in [5.74, 6) is 0.229. The van der Waals surface area contributed by atoms with Crippen molar-refractivity contribution >= 4 is 0 Å². The SMILES string of the molecule is NCc1ccnc(OCc2cccc(F)c2)c1. The average molecular weight is 232 g/mol. The van der Waals surface area contributed by atoms with Gasteiger partial charge < -0.3 is 10.5 Å². The number of hydrogen-bond donors (Lipinski definition) is 1. The minimum absolute atomic E-state index is 0.269. The summed E-state index contributed by atoms with van der Waals surface area (Å²) < 4.78 is 18.4. The third-order valence-electron chi connectivity index (χ3n) is 2.31. The van der Waals surface area contributed by atoms with Gasteiger partial charge in [0.25, 0.3) is 0 Å². The van der Waals surface area contributed by atoms with Crippen LogP contribution in [0.25, 0.3) is 0 Å². The Balaban J connectivity index is 2.02. The average Bonchev–Trinajstić information content (AvgIpc) is 2.37. The Bertz CT molecular complexity index is 502. The molecule has 2 aromatic rings. The van der Waals surface area contributed by atoms with Crippen LogP contribution in [0.5, 0.6) is 5.88 Å². The molecule has 0 aliphatic carbocycles. The minimum Gasteiger partial charge on any atom is -0.473 e. The molecule has 0 bridgehead atoms. The van der Waals surface area contributed by atoms with E-state index >= 15 is 0 Å². The zero-order chi connectivity index (χ0) is 12.1. The quantitative estimate of drug-likeness (QED) is 0.879. The number of nitrogens with two attached hydrogens (primary N) is 1. The molecule has 0 aliphatic heterocycles. The molecule has 3 nitrogen and oxygen atoms in total. The molecule has 0 saturated carbocycles. The van der Waals surface area contributed by atoms with Crippen molar-refractivity contribution in [3.8, 4) is 5.88 Å². The maximum Gasteiger partial charge on any atom is 0.213 e. The van der Waals surface area contributed by atoms with Crippen LogP contribution in [0.15, 0.2) is 42.6 Å². The van der Waals surface area contributed by atoms with Crippen molar-refractivity contribution in [3.63, 3.8) is 0 Å². The van der Waals surface area contributed by atoms with Crippen LogP contribution in [0.4, 0.5) is 4.39 Å². The molecule has 0 radical (unpaired) electrons. The van der Waals surface area contributed by atoms with Crippen LogP contribution in [0.2, 0.25) is 0 Å². The largest absolute Gasteiger partial charge is 0.473 e. The van der Waals surface area contributed by atoms with Crippen molar-refractivity contribution in [2.45, 2.75) is 13.2 Å². The first-order valence-electron chi connectivity index (χ1n) is 5.30. The molecule has 1 heterocycles. The molecule has 1 aromatic carbocycles. The van der Waals surface area contributed by atoms with Gasteiger partial charge in [-0.05, 0) is 29.3 Å². The predicted molar refractivity (Wildman–Crippen MR) is 62.9 cm³/mol. The lowest BCUT2D eigenvalue weighted by Crippen LogP contribution is -2.00. The number of nitrogens with zero attached hydrogens (tertiary/aromatic N) is 1. The fraction of sp³-hybridized carbons (Fsp3) is 0.154. The van der Waals surface area contributed by atoms with Crippen molar-refractivity contribution in [1.29, 1.82) is 0 Å². The summed E-state index contributed by atoms with van der Waals surface area (Å²) in [7, 11) is 0. The monoisotopic (exact) mass is 232 g/mol. The van der Waals surface area contributed by atoms with Gasteiger partial charge in [0.2, 0.25) is 5.88 Å². The molecule has 17 heavy (non-hydrogen) atoms. The summed E-state index contributed by atoms with van der Waals surface area (Å²) in [6, 6.07) is 9.89. The topological polar surface area (TPSA) is 48.1 Å². The number of aromatic nitrogens is 1. The zero-order valence-corrected chi connectivity index (χ0v) is 9.27. The highest BCUT2D eigenvalue weighted by Gasteiger charge is 1.99. The second kappa shape index (κ2) is 5.41. The molecular formula is C13H13FN2O. The van der Waals surface area contributed by atoms with Crippen molar-refractivity contribution < 1.29 is 9.13 Å². The van der Waals surface area contributed by atoms with Crippen molar-refractivity contribution in [2.24, 2.45) is 5.73 Å². The first-order valence-corrected chi connectivity index (χ1v) is 5.30.